The summed E-state index contributed by atoms with van der Waals surface area (Å²) in [5, 5.41) is 3.19. The molecule has 0 saturated carbocycles. The molecule has 4 aromatic rings. The lowest BCUT2D eigenvalue weighted by Gasteiger charge is -2.12. The average molecular weight is 479 g/mol. The van der Waals surface area contributed by atoms with E-state index in [-0.39, 0.29) is 5.69 Å². The van der Waals surface area contributed by atoms with E-state index in [1.54, 1.807) is 39.5 Å². The molecule has 0 atom stereocenters. The number of methoxy groups -OCH3 is 3. The molecule has 6 nitrogen and oxygen atoms in total. The Hall–Kier alpha value is -4.33. The third kappa shape index (κ3) is 4.82. The second-order valence-corrected chi connectivity index (χ2v) is 7.71. The van der Waals surface area contributed by atoms with Crippen LogP contribution in [-0.2, 0) is 4.79 Å². The minimum absolute atomic E-state index is 0.120. The van der Waals surface area contributed by atoms with E-state index in [9.17, 15) is 13.6 Å². The first-order valence-electron chi connectivity index (χ1n) is 10.6. The molecule has 0 aliphatic rings. The van der Waals surface area contributed by atoms with Gasteiger partial charge in [-0.05, 0) is 48.9 Å². The fourth-order valence-electron chi connectivity index (χ4n) is 3.80. The lowest BCUT2D eigenvalue weighted by Crippen LogP contribution is -2.10. The highest BCUT2D eigenvalue weighted by Crippen LogP contribution is 2.41. The Balaban J connectivity index is 1.75. The molecule has 0 aliphatic heterocycles. The third-order valence-electron chi connectivity index (χ3n) is 5.55. The highest BCUT2D eigenvalue weighted by Gasteiger charge is 2.18. The van der Waals surface area contributed by atoms with Crippen molar-refractivity contribution < 1.29 is 32.2 Å². The molecule has 180 valence electrons. The Morgan fingerprint density at radius 1 is 0.914 bits per heavy atom. The molecule has 0 radical (unpaired) electrons. The predicted octanol–water partition coefficient (Wildman–Crippen LogP) is 6.45. The number of furan rings is 1. The van der Waals surface area contributed by atoms with Crippen LogP contribution >= 0.6 is 0 Å². The summed E-state index contributed by atoms with van der Waals surface area (Å²) in [5.41, 5.74) is 3.20. The van der Waals surface area contributed by atoms with E-state index in [0.29, 0.717) is 40.0 Å². The van der Waals surface area contributed by atoms with E-state index in [4.69, 9.17) is 18.6 Å². The van der Waals surface area contributed by atoms with Crippen LogP contribution in [0.2, 0.25) is 0 Å². The number of carbonyl (C=O) groups excluding carboxylic acids is 1. The van der Waals surface area contributed by atoms with Gasteiger partial charge in [-0.2, -0.15) is 0 Å². The van der Waals surface area contributed by atoms with Crippen molar-refractivity contribution in [3.8, 4) is 28.4 Å². The molecule has 0 fully saturated rings. The van der Waals surface area contributed by atoms with Crippen molar-refractivity contribution in [1.82, 2.24) is 0 Å². The van der Waals surface area contributed by atoms with Gasteiger partial charge in [-0.15, -0.1) is 0 Å². The highest BCUT2D eigenvalue weighted by atomic mass is 19.1. The number of hydrogen-bond donors (Lipinski definition) is 1. The van der Waals surface area contributed by atoms with Gasteiger partial charge < -0.3 is 23.9 Å². The fraction of sp³-hybridized carbons (Fsp3) is 0.148. The average Bonchev–Trinajstić information content (AvgIpc) is 3.27. The largest absolute Gasteiger partial charge is 0.497 e. The molecule has 0 unspecified atom stereocenters. The number of carbonyl (C=O) groups is 1. The summed E-state index contributed by atoms with van der Waals surface area (Å²) in [6, 6.07) is 12.0. The summed E-state index contributed by atoms with van der Waals surface area (Å²) in [5.74, 6) is -0.376. The monoisotopic (exact) mass is 479 g/mol. The Morgan fingerprint density at radius 2 is 1.69 bits per heavy atom. The highest BCUT2D eigenvalue weighted by molar-refractivity contribution is 6.05. The van der Waals surface area contributed by atoms with Crippen molar-refractivity contribution >= 4 is 28.1 Å². The van der Waals surface area contributed by atoms with E-state index in [1.807, 2.05) is 18.2 Å². The topological polar surface area (TPSA) is 69.9 Å². The van der Waals surface area contributed by atoms with Gasteiger partial charge in [-0.3, -0.25) is 4.79 Å². The van der Waals surface area contributed by atoms with Crippen LogP contribution in [0.1, 0.15) is 12.5 Å². The van der Waals surface area contributed by atoms with Gasteiger partial charge in [0, 0.05) is 40.3 Å². The first kappa shape index (κ1) is 23.8. The molecule has 3 aromatic carbocycles. The van der Waals surface area contributed by atoms with Crippen LogP contribution in [0.5, 0.6) is 17.2 Å². The van der Waals surface area contributed by atoms with Crippen LogP contribution in [-0.4, -0.2) is 27.2 Å². The quantitative estimate of drug-likeness (QED) is 0.309. The fourth-order valence-corrected chi connectivity index (χ4v) is 3.80. The van der Waals surface area contributed by atoms with Gasteiger partial charge in [0.25, 0.3) is 0 Å². The minimum Gasteiger partial charge on any atom is -0.497 e. The molecule has 1 aromatic heterocycles. The molecular weight excluding hydrogens is 456 g/mol. The summed E-state index contributed by atoms with van der Waals surface area (Å²) in [7, 11) is 4.68. The van der Waals surface area contributed by atoms with Gasteiger partial charge in [0.15, 0.2) is 0 Å². The number of benzene rings is 3. The molecule has 4 rings (SSSR count). The van der Waals surface area contributed by atoms with Crippen molar-refractivity contribution in [3.05, 3.63) is 78.1 Å². The van der Waals surface area contributed by atoms with Crippen molar-refractivity contribution in [2.45, 2.75) is 6.92 Å². The normalized spacial score (nSPS) is 11.4. The summed E-state index contributed by atoms with van der Waals surface area (Å²) >= 11 is 0. The van der Waals surface area contributed by atoms with Gasteiger partial charge in [0.05, 0.1) is 33.3 Å². The molecule has 0 spiro atoms. The van der Waals surface area contributed by atoms with E-state index < -0.39 is 17.5 Å². The molecule has 0 bridgehead atoms. The second kappa shape index (κ2) is 9.89. The standard InChI is InChI=1S/C27H23F2NO5/c1-15(9-27(31)30-23-7-5-16(28)10-22(23)29)18-12-20-21(14-35-26(20)13-25(18)34-4)19-11-17(32-2)6-8-24(19)33-3/h5-14H,1-4H3,(H,30,31)/b15-9+. The Morgan fingerprint density at radius 3 is 2.37 bits per heavy atom. The number of ether oxygens (including phenoxy) is 3. The molecule has 1 heterocycles. The number of amides is 1. The number of hydrogen-bond acceptors (Lipinski definition) is 5. The number of rotatable bonds is 7. The van der Waals surface area contributed by atoms with Crippen molar-refractivity contribution in [2.24, 2.45) is 0 Å². The van der Waals surface area contributed by atoms with Gasteiger partial charge in [0.2, 0.25) is 5.91 Å². The number of fused-ring (bicyclic) bond motifs is 1. The first-order chi connectivity index (χ1) is 16.8. The van der Waals surface area contributed by atoms with Crippen LogP contribution < -0.4 is 19.5 Å². The van der Waals surface area contributed by atoms with E-state index >= 15 is 0 Å². The number of anilines is 1. The lowest BCUT2D eigenvalue weighted by atomic mass is 9.98. The van der Waals surface area contributed by atoms with Crippen molar-refractivity contribution in [1.29, 1.82) is 0 Å². The van der Waals surface area contributed by atoms with Gasteiger partial charge in [-0.1, -0.05) is 0 Å². The van der Waals surface area contributed by atoms with E-state index in [2.05, 4.69) is 5.32 Å². The van der Waals surface area contributed by atoms with Crippen LogP contribution in [0.3, 0.4) is 0 Å². The second-order valence-electron chi connectivity index (χ2n) is 7.71. The Bertz CT molecular complexity index is 1440. The number of halogens is 2. The molecule has 0 saturated heterocycles. The summed E-state index contributed by atoms with van der Waals surface area (Å²) in [6.45, 7) is 1.73. The summed E-state index contributed by atoms with van der Waals surface area (Å²) in [4.78, 5) is 12.6. The number of nitrogens with one attached hydrogen (secondary N) is 1. The Kier molecular flexibility index (Phi) is 6.73. The molecular formula is C27H23F2NO5. The molecule has 0 aliphatic carbocycles. The van der Waals surface area contributed by atoms with Crippen LogP contribution in [0, 0.1) is 11.6 Å². The molecule has 1 N–H and O–H groups in total. The maximum atomic E-state index is 13.9. The van der Waals surface area contributed by atoms with Gasteiger partial charge in [-0.25, -0.2) is 8.78 Å². The zero-order valence-corrected chi connectivity index (χ0v) is 19.6. The maximum Gasteiger partial charge on any atom is 0.248 e. The SMILES string of the molecule is COc1ccc(OC)c(-c2coc3cc(OC)c(/C(C)=C/C(=O)Nc4ccc(F)cc4F)cc23)c1. The first-order valence-corrected chi connectivity index (χ1v) is 10.6. The summed E-state index contributed by atoms with van der Waals surface area (Å²) < 4.78 is 49.3. The van der Waals surface area contributed by atoms with Crippen LogP contribution in [0.4, 0.5) is 14.5 Å². The zero-order valence-electron chi connectivity index (χ0n) is 19.6. The minimum atomic E-state index is -0.862. The van der Waals surface area contributed by atoms with E-state index in [1.165, 1.54) is 13.2 Å². The maximum absolute atomic E-state index is 13.9. The smallest absolute Gasteiger partial charge is 0.248 e. The molecule has 8 heteroatoms. The summed E-state index contributed by atoms with van der Waals surface area (Å²) in [6.07, 6.45) is 2.94. The van der Waals surface area contributed by atoms with Crippen molar-refractivity contribution in [2.75, 3.05) is 26.6 Å². The molecule has 1 amide bonds. The van der Waals surface area contributed by atoms with Crippen molar-refractivity contribution in [3.63, 3.8) is 0 Å². The Labute approximate surface area is 200 Å². The zero-order chi connectivity index (χ0) is 25.1. The van der Waals surface area contributed by atoms with Gasteiger partial charge in [0.1, 0.15) is 34.5 Å². The van der Waals surface area contributed by atoms with Gasteiger partial charge >= 0.3 is 0 Å². The lowest BCUT2D eigenvalue weighted by molar-refractivity contribution is -0.111. The van der Waals surface area contributed by atoms with Crippen LogP contribution in [0.25, 0.3) is 27.7 Å². The van der Waals surface area contributed by atoms with Crippen LogP contribution in [0.15, 0.2) is 65.3 Å². The predicted molar refractivity (Wildman–Crippen MR) is 130 cm³/mol. The third-order valence-corrected chi connectivity index (χ3v) is 5.55. The number of allylic oxidation sites excluding steroid dienone is 1. The van der Waals surface area contributed by atoms with E-state index in [0.717, 1.165) is 28.6 Å². The molecule has 35 heavy (non-hydrogen) atoms.